The van der Waals surface area contributed by atoms with Crippen LogP contribution in [-0.2, 0) is 6.54 Å². The fourth-order valence-electron chi connectivity index (χ4n) is 2.18. The SMILES string of the molecule is OC1CCCn2c1nc1ccc(F)cc12. The molecule has 78 valence electrons. The number of imidazole rings is 1. The van der Waals surface area contributed by atoms with Crippen molar-refractivity contribution in [3.8, 4) is 0 Å². The molecule has 1 N–H and O–H groups in total. The highest BCUT2D eigenvalue weighted by atomic mass is 19.1. The molecular formula is C11H11FN2O. The van der Waals surface area contributed by atoms with E-state index in [0.29, 0.717) is 5.82 Å². The van der Waals surface area contributed by atoms with Gasteiger partial charge >= 0.3 is 0 Å². The monoisotopic (exact) mass is 206 g/mol. The molecule has 1 aliphatic rings. The van der Waals surface area contributed by atoms with Crippen molar-refractivity contribution in [3.05, 3.63) is 29.8 Å². The molecule has 1 aliphatic heterocycles. The second kappa shape index (κ2) is 3.03. The fraction of sp³-hybridized carbons (Fsp3) is 0.364. The van der Waals surface area contributed by atoms with E-state index in [1.807, 2.05) is 4.57 Å². The van der Waals surface area contributed by atoms with E-state index in [9.17, 15) is 9.50 Å². The zero-order chi connectivity index (χ0) is 10.4. The minimum absolute atomic E-state index is 0.259. The molecule has 1 atom stereocenters. The third-order valence-electron chi connectivity index (χ3n) is 2.90. The van der Waals surface area contributed by atoms with Crippen LogP contribution in [0.25, 0.3) is 11.0 Å². The lowest BCUT2D eigenvalue weighted by molar-refractivity contribution is 0.135. The first-order valence-electron chi connectivity index (χ1n) is 5.09. The van der Waals surface area contributed by atoms with Crippen LogP contribution in [0.2, 0.25) is 0 Å². The van der Waals surface area contributed by atoms with Gasteiger partial charge in [0.25, 0.3) is 0 Å². The van der Waals surface area contributed by atoms with Crippen LogP contribution in [0.3, 0.4) is 0 Å². The molecule has 0 bridgehead atoms. The Labute approximate surface area is 86.2 Å². The van der Waals surface area contributed by atoms with Crippen molar-refractivity contribution < 1.29 is 9.50 Å². The summed E-state index contributed by atoms with van der Waals surface area (Å²) in [6, 6.07) is 4.53. The number of fused-ring (bicyclic) bond motifs is 3. The standard InChI is InChI=1S/C11H11FN2O/c12-7-3-4-8-9(6-7)14-5-1-2-10(15)11(14)13-8/h3-4,6,10,15H,1-2,5H2. The highest BCUT2D eigenvalue weighted by molar-refractivity contribution is 5.76. The number of benzene rings is 1. The number of hydrogen-bond acceptors (Lipinski definition) is 2. The van der Waals surface area contributed by atoms with E-state index < -0.39 is 6.10 Å². The Balaban J connectivity index is 2.31. The summed E-state index contributed by atoms with van der Waals surface area (Å²) in [4.78, 5) is 4.32. The average Bonchev–Trinajstić information content (AvgIpc) is 2.58. The summed E-state index contributed by atoms with van der Waals surface area (Å²) in [5, 5.41) is 9.75. The van der Waals surface area contributed by atoms with Gasteiger partial charge in [0, 0.05) is 6.54 Å². The van der Waals surface area contributed by atoms with Gasteiger partial charge in [-0.15, -0.1) is 0 Å². The quantitative estimate of drug-likeness (QED) is 0.716. The molecule has 4 heteroatoms. The molecule has 0 amide bonds. The molecule has 0 radical (unpaired) electrons. The molecule has 1 aromatic carbocycles. The van der Waals surface area contributed by atoms with Gasteiger partial charge in [0.2, 0.25) is 0 Å². The van der Waals surface area contributed by atoms with Crippen molar-refractivity contribution in [3.63, 3.8) is 0 Å². The molecular weight excluding hydrogens is 195 g/mol. The maximum Gasteiger partial charge on any atom is 0.138 e. The van der Waals surface area contributed by atoms with E-state index in [4.69, 9.17) is 0 Å². The zero-order valence-electron chi connectivity index (χ0n) is 8.15. The van der Waals surface area contributed by atoms with E-state index >= 15 is 0 Å². The van der Waals surface area contributed by atoms with Gasteiger partial charge in [0.1, 0.15) is 17.7 Å². The van der Waals surface area contributed by atoms with Crippen LogP contribution >= 0.6 is 0 Å². The number of hydrogen-bond donors (Lipinski definition) is 1. The van der Waals surface area contributed by atoms with Crippen LogP contribution in [-0.4, -0.2) is 14.7 Å². The number of halogens is 1. The third-order valence-corrected chi connectivity index (χ3v) is 2.90. The Hall–Kier alpha value is -1.42. The Morgan fingerprint density at radius 1 is 1.47 bits per heavy atom. The number of aromatic nitrogens is 2. The summed E-state index contributed by atoms with van der Waals surface area (Å²) in [7, 11) is 0. The van der Waals surface area contributed by atoms with E-state index in [-0.39, 0.29) is 5.82 Å². The van der Waals surface area contributed by atoms with Crippen LogP contribution < -0.4 is 0 Å². The molecule has 1 unspecified atom stereocenters. The van der Waals surface area contributed by atoms with E-state index in [0.717, 1.165) is 30.4 Å². The lowest BCUT2D eigenvalue weighted by atomic mass is 10.1. The normalized spacial score (nSPS) is 20.5. The first-order chi connectivity index (χ1) is 7.25. The lowest BCUT2D eigenvalue weighted by Gasteiger charge is -2.19. The molecule has 0 saturated carbocycles. The number of rotatable bonds is 0. The minimum atomic E-state index is -0.505. The van der Waals surface area contributed by atoms with Gasteiger partial charge in [0.05, 0.1) is 11.0 Å². The number of nitrogens with zero attached hydrogens (tertiary/aromatic N) is 2. The Morgan fingerprint density at radius 3 is 3.20 bits per heavy atom. The Kier molecular flexibility index (Phi) is 1.79. The molecule has 1 aromatic heterocycles. The predicted octanol–water partition coefficient (Wildman–Crippen LogP) is 2.00. The molecule has 2 aromatic rings. The van der Waals surface area contributed by atoms with Crippen LogP contribution in [0.15, 0.2) is 18.2 Å². The summed E-state index contributed by atoms with van der Waals surface area (Å²) in [5.41, 5.74) is 1.54. The highest BCUT2D eigenvalue weighted by Crippen LogP contribution is 2.28. The fourth-order valence-corrected chi connectivity index (χ4v) is 2.18. The van der Waals surface area contributed by atoms with Crippen molar-refractivity contribution in [1.82, 2.24) is 9.55 Å². The molecule has 3 nitrogen and oxygen atoms in total. The third kappa shape index (κ3) is 1.25. The topological polar surface area (TPSA) is 38.0 Å². The summed E-state index contributed by atoms with van der Waals surface area (Å²) < 4.78 is 15.0. The molecule has 0 spiro atoms. The Bertz CT molecular complexity index is 521. The second-order valence-corrected chi connectivity index (χ2v) is 3.91. The van der Waals surface area contributed by atoms with Crippen molar-refractivity contribution in [2.24, 2.45) is 0 Å². The number of aliphatic hydroxyl groups excluding tert-OH is 1. The van der Waals surface area contributed by atoms with Crippen molar-refractivity contribution in [1.29, 1.82) is 0 Å². The van der Waals surface area contributed by atoms with Gasteiger partial charge in [-0.3, -0.25) is 0 Å². The van der Waals surface area contributed by atoms with Crippen LogP contribution in [0.5, 0.6) is 0 Å². The molecule has 0 aliphatic carbocycles. The minimum Gasteiger partial charge on any atom is -0.385 e. The summed E-state index contributed by atoms with van der Waals surface area (Å²) in [6.45, 7) is 0.812. The van der Waals surface area contributed by atoms with E-state index in [1.54, 1.807) is 6.07 Å². The smallest absolute Gasteiger partial charge is 0.138 e. The Morgan fingerprint density at radius 2 is 2.33 bits per heavy atom. The maximum atomic E-state index is 13.1. The lowest BCUT2D eigenvalue weighted by Crippen LogP contribution is -2.15. The van der Waals surface area contributed by atoms with Crippen molar-refractivity contribution >= 4 is 11.0 Å². The van der Waals surface area contributed by atoms with Crippen molar-refractivity contribution in [2.45, 2.75) is 25.5 Å². The van der Waals surface area contributed by atoms with Gasteiger partial charge in [-0.05, 0) is 31.0 Å². The molecule has 2 heterocycles. The predicted molar refractivity (Wildman–Crippen MR) is 53.9 cm³/mol. The number of aryl methyl sites for hydroxylation is 1. The zero-order valence-corrected chi connectivity index (χ0v) is 8.15. The maximum absolute atomic E-state index is 13.1. The average molecular weight is 206 g/mol. The second-order valence-electron chi connectivity index (χ2n) is 3.91. The van der Waals surface area contributed by atoms with Gasteiger partial charge in [0.15, 0.2) is 0 Å². The molecule has 15 heavy (non-hydrogen) atoms. The summed E-state index contributed by atoms with van der Waals surface area (Å²) >= 11 is 0. The van der Waals surface area contributed by atoms with Crippen LogP contribution in [0, 0.1) is 5.82 Å². The molecule has 3 rings (SSSR count). The van der Waals surface area contributed by atoms with Gasteiger partial charge in [-0.25, -0.2) is 9.37 Å². The van der Waals surface area contributed by atoms with Gasteiger partial charge in [-0.2, -0.15) is 0 Å². The van der Waals surface area contributed by atoms with Gasteiger partial charge in [-0.1, -0.05) is 0 Å². The number of aliphatic hydroxyl groups is 1. The first-order valence-corrected chi connectivity index (χ1v) is 5.09. The molecule has 0 fully saturated rings. The van der Waals surface area contributed by atoms with Gasteiger partial charge < -0.3 is 9.67 Å². The van der Waals surface area contributed by atoms with E-state index in [2.05, 4.69) is 4.98 Å². The van der Waals surface area contributed by atoms with Crippen molar-refractivity contribution in [2.75, 3.05) is 0 Å². The molecule has 0 saturated heterocycles. The largest absolute Gasteiger partial charge is 0.385 e. The highest BCUT2D eigenvalue weighted by Gasteiger charge is 2.22. The summed E-state index contributed by atoms with van der Waals surface area (Å²) in [6.07, 6.45) is 1.15. The van der Waals surface area contributed by atoms with E-state index in [1.165, 1.54) is 12.1 Å². The summed E-state index contributed by atoms with van der Waals surface area (Å²) in [5.74, 6) is 0.409. The van der Waals surface area contributed by atoms with Crippen LogP contribution in [0.4, 0.5) is 4.39 Å². The van der Waals surface area contributed by atoms with Crippen LogP contribution in [0.1, 0.15) is 24.8 Å². The first kappa shape index (κ1) is 8.85.